The van der Waals surface area contributed by atoms with Crippen molar-refractivity contribution in [3.05, 3.63) is 21.7 Å². The maximum atomic E-state index is 11.2. The number of aliphatic hydroxyl groups excluding tert-OH is 1. The van der Waals surface area contributed by atoms with Gasteiger partial charge in [-0.15, -0.1) is 0 Å². The summed E-state index contributed by atoms with van der Waals surface area (Å²) in [6.45, 7) is 3.64. The van der Waals surface area contributed by atoms with E-state index < -0.39 is 11.0 Å². The Morgan fingerprint density at radius 2 is 2.32 bits per heavy atom. The van der Waals surface area contributed by atoms with E-state index >= 15 is 0 Å². The van der Waals surface area contributed by atoms with Gasteiger partial charge in [0.2, 0.25) is 5.82 Å². The fourth-order valence-electron chi connectivity index (χ4n) is 2.43. The number of ether oxygens (including phenoxy) is 1. The first kappa shape index (κ1) is 15.2. The van der Waals surface area contributed by atoms with E-state index in [1.165, 1.54) is 15.7 Å². The SMILES string of the molecule is O=[N+]([O-])c1c(NCC(O)CN2CCOCC2)nc2sccn12. The largest absolute Gasteiger partial charge is 0.390 e. The number of aromatic nitrogens is 2. The molecular weight excluding hydrogens is 310 g/mol. The molecule has 22 heavy (non-hydrogen) atoms. The summed E-state index contributed by atoms with van der Waals surface area (Å²) in [5.74, 6) is 0.0905. The second kappa shape index (κ2) is 6.57. The quantitative estimate of drug-likeness (QED) is 0.585. The van der Waals surface area contributed by atoms with E-state index in [4.69, 9.17) is 4.74 Å². The minimum Gasteiger partial charge on any atom is -0.390 e. The van der Waals surface area contributed by atoms with Crippen LogP contribution in [0, 0.1) is 10.1 Å². The van der Waals surface area contributed by atoms with Gasteiger partial charge in [0.25, 0.3) is 4.96 Å². The fourth-order valence-corrected chi connectivity index (χ4v) is 3.14. The van der Waals surface area contributed by atoms with Gasteiger partial charge in [-0.3, -0.25) is 4.90 Å². The summed E-state index contributed by atoms with van der Waals surface area (Å²) in [6, 6.07) is 0. The van der Waals surface area contributed by atoms with Crippen molar-refractivity contribution in [3.63, 3.8) is 0 Å². The minimum atomic E-state index is -0.627. The van der Waals surface area contributed by atoms with Crippen molar-refractivity contribution in [2.45, 2.75) is 6.10 Å². The molecule has 9 nitrogen and oxygen atoms in total. The molecule has 0 aromatic carbocycles. The van der Waals surface area contributed by atoms with Gasteiger partial charge in [-0.1, -0.05) is 11.3 Å². The lowest BCUT2D eigenvalue weighted by atomic mass is 10.3. The molecule has 1 atom stereocenters. The molecule has 1 unspecified atom stereocenters. The van der Waals surface area contributed by atoms with Crippen LogP contribution >= 0.6 is 11.3 Å². The zero-order valence-electron chi connectivity index (χ0n) is 11.8. The maximum absolute atomic E-state index is 11.2. The number of fused-ring (bicyclic) bond motifs is 1. The highest BCUT2D eigenvalue weighted by molar-refractivity contribution is 7.15. The molecule has 3 rings (SSSR count). The molecule has 1 fully saturated rings. The molecule has 0 radical (unpaired) electrons. The van der Waals surface area contributed by atoms with E-state index in [1.807, 2.05) is 0 Å². The number of nitrogens with zero attached hydrogens (tertiary/aromatic N) is 4. The Labute approximate surface area is 130 Å². The van der Waals surface area contributed by atoms with E-state index in [0.717, 1.165) is 13.1 Å². The minimum absolute atomic E-state index is 0.102. The van der Waals surface area contributed by atoms with Gasteiger partial charge in [-0.05, 0) is 4.92 Å². The molecule has 0 saturated carbocycles. The molecule has 1 aliphatic rings. The van der Waals surface area contributed by atoms with E-state index in [2.05, 4.69) is 15.2 Å². The van der Waals surface area contributed by atoms with Crippen LogP contribution in [0.5, 0.6) is 0 Å². The van der Waals surface area contributed by atoms with Crippen molar-refractivity contribution < 1.29 is 14.8 Å². The van der Waals surface area contributed by atoms with Crippen molar-refractivity contribution in [2.24, 2.45) is 0 Å². The van der Waals surface area contributed by atoms with Gasteiger partial charge in [0.15, 0.2) is 0 Å². The highest BCUT2D eigenvalue weighted by Gasteiger charge is 2.24. The van der Waals surface area contributed by atoms with E-state index in [-0.39, 0.29) is 18.2 Å². The molecule has 10 heteroatoms. The van der Waals surface area contributed by atoms with Crippen LogP contribution in [0.2, 0.25) is 0 Å². The van der Waals surface area contributed by atoms with Crippen LogP contribution in [0.25, 0.3) is 4.96 Å². The standard InChI is InChI=1S/C12H17N5O4S/c18-9(8-15-1-4-21-5-2-15)7-13-10-11(17(19)20)16-3-6-22-12(16)14-10/h3,6,9,13,18H,1-2,4-5,7-8H2. The summed E-state index contributed by atoms with van der Waals surface area (Å²) in [4.78, 5) is 17.6. The Morgan fingerprint density at radius 3 is 3.05 bits per heavy atom. The van der Waals surface area contributed by atoms with Crippen molar-refractivity contribution >= 4 is 27.9 Å². The Balaban J connectivity index is 1.62. The highest BCUT2D eigenvalue weighted by atomic mass is 32.1. The number of nitrogens with one attached hydrogen (secondary N) is 1. The third-order valence-electron chi connectivity index (χ3n) is 3.49. The highest BCUT2D eigenvalue weighted by Crippen LogP contribution is 2.27. The normalized spacial score (nSPS) is 17.7. The third-order valence-corrected chi connectivity index (χ3v) is 4.24. The lowest BCUT2D eigenvalue weighted by Gasteiger charge is -2.28. The number of rotatable bonds is 6. The Hall–Kier alpha value is -1.75. The summed E-state index contributed by atoms with van der Waals surface area (Å²) in [5, 5.41) is 25.9. The van der Waals surface area contributed by atoms with Gasteiger partial charge < -0.3 is 25.3 Å². The molecule has 2 N–H and O–H groups in total. The summed E-state index contributed by atoms with van der Waals surface area (Å²) in [5.41, 5.74) is 0. The summed E-state index contributed by atoms with van der Waals surface area (Å²) in [6.07, 6.45) is 0.984. The van der Waals surface area contributed by atoms with Gasteiger partial charge in [0, 0.05) is 31.6 Å². The molecule has 2 aromatic rings. The lowest BCUT2D eigenvalue weighted by Crippen LogP contribution is -2.42. The lowest BCUT2D eigenvalue weighted by molar-refractivity contribution is -0.389. The van der Waals surface area contributed by atoms with E-state index in [9.17, 15) is 15.2 Å². The van der Waals surface area contributed by atoms with Crippen LogP contribution in [-0.2, 0) is 4.74 Å². The summed E-state index contributed by atoms with van der Waals surface area (Å²) in [7, 11) is 0. The van der Waals surface area contributed by atoms with E-state index in [0.29, 0.717) is 24.7 Å². The van der Waals surface area contributed by atoms with Crippen molar-refractivity contribution in [1.82, 2.24) is 14.3 Å². The molecule has 0 aliphatic carbocycles. The first-order valence-corrected chi connectivity index (χ1v) is 7.85. The summed E-state index contributed by atoms with van der Waals surface area (Å²) < 4.78 is 6.68. The first-order valence-electron chi connectivity index (χ1n) is 6.97. The predicted molar refractivity (Wildman–Crippen MR) is 81.5 cm³/mol. The smallest absolute Gasteiger partial charge is 0.372 e. The average Bonchev–Trinajstić information content (AvgIpc) is 3.05. The maximum Gasteiger partial charge on any atom is 0.372 e. The molecule has 3 heterocycles. The molecule has 0 spiro atoms. The second-order valence-electron chi connectivity index (χ2n) is 5.04. The Morgan fingerprint density at radius 1 is 1.55 bits per heavy atom. The summed E-state index contributed by atoms with van der Waals surface area (Å²) >= 11 is 1.33. The average molecular weight is 327 g/mol. The zero-order valence-corrected chi connectivity index (χ0v) is 12.7. The van der Waals surface area contributed by atoms with Gasteiger partial charge in [-0.25, -0.2) is 0 Å². The van der Waals surface area contributed by atoms with Gasteiger partial charge >= 0.3 is 5.82 Å². The molecular formula is C12H17N5O4S. The Kier molecular flexibility index (Phi) is 4.52. The number of nitro groups is 1. The number of β-amino-alcohol motifs (C(OH)–C–C–N with tert-alkyl or cyclic N) is 1. The number of morpholine rings is 1. The van der Waals surface area contributed by atoms with Gasteiger partial charge in [0.1, 0.15) is 6.20 Å². The molecule has 0 bridgehead atoms. The van der Waals surface area contributed by atoms with Crippen LogP contribution in [-0.4, -0.2) is 69.8 Å². The third kappa shape index (κ3) is 3.19. The molecule has 120 valence electrons. The number of aliphatic hydroxyl groups is 1. The number of hydrogen-bond acceptors (Lipinski definition) is 8. The van der Waals surface area contributed by atoms with Crippen LogP contribution in [0.15, 0.2) is 11.6 Å². The predicted octanol–water partition coefficient (Wildman–Crippen LogP) is 0.409. The number of imidazole rings is 1. The molecule has 1 aliphatic heterocycles. The number of anilines is 1. The van der Waals surface area contributed by atoms with Gasteiger partial charge in [-0.2, -0.15) is 9.38 Å². The first-order chi connectivity index (χ1) is 10.6. The number of hydrogen-bond donors (Lipinski definition) is 2. The topological polar surface area (TPSA) is 105 Å². The van der Waals surface area contributed by atoms with Crippen LogP contribution in [0.1, 0.15) is 0 Å². The van der Waals surface area contributed by atoms with Crippen molar-refractivity contribution in [3.8, 4) is 0 Å². The van der Waals surface area contributed by atoms with Crippen molar-refractivity contribution in [1.29, 1.82) is 0 Å². The molecule has 0 amide bonds. The van der Waals surface area contributed by atoms with Crippen LogP contribution in [0.4, 0.5) is 11.6 Å². The Bertz CT molecular complexity index is 651. The monoisotopic (exact) mass is 327 g/mol. The fraction of sp³-hybridized carbons (Fsp3) is 0.583. The molecule has 2 aromatic heterocycles. The second-order valence-corrected chi connectivity index (χ2v) is 5.92. The van der Waals surface area contributed by atoms with Gasteiger partial charge in [0.05, 0.1) is 19.3 Å². The van der Waals surface area contributed by atoms with Crippen LogP contribution in [0.3, 0.4) is 0 Å². The van der Waals surface area contributed by atoms with E-state index in [1.54, 1.807) is 11.6 Å². The number of thiazole rings is 1. The van der Waals surface area contributed by atoms with Crippen LogP contribution < -0.4 is 5.32 Å². The molecule has 1 saturated heterocycles. The zero-order chi connectivity index (χ0) is 15.5. The van der Waals surface area contributed by atoms with Crippen molar-refractivity contribution in [2.75, 3.05) is 44.7 Å².